The monoisotopic (exact) mass is 247 g/mol. The Morgan fingerprint density at radius 1 is 1.56 bits per heavy atom. The predicted molar refractivity (Wildman–Crippen MR) is 69.3 cm³/mol. The number of hydrogen-bond acceptors (Lipinski definition) is 5. The van der Waals surface area contributed by atoms with Gasteiger partial charge in [0.25, 0.3) is 0 Å². The predicted octanol–water partition coefficient (Wildman–Crippen LogP) is 1.79. The number of terminal acetylenes is 1. The van der Waals surface area contributed by atoms with Gasteiger partial charge in [-0.15, -0.1) is 6.42 Å². The van der Waals surface area contributed by atoms with Gasteiger partial charge in [0.2, 0.25) is 5.95 Å². The van der Waals surface area contributed by atoms with E-state index in [-0.39, 0.29) is 0 Å². The number of aryl methyl sites for hydroxylation is 1. The van der Waals surface area contributed by atoms with Crippen molar-refractivity contribution in [1.29, 1.82) is 0 Å². The zero-order valence-electron chi connectivity index (χ0n) is 11.1. The molecule has 1 aromatic rings. The molecule has 0 aliphatic heterocycles. The normalized spacial score (nSPS) is 10.6. The Labute approximate surface area is 107 Å². The van der Waals surface area contributed by atoms with Crippen LogP contribution in [0.3, 0.4) is 0 Å². The van der Waals surface area contributed by atoms with Crippen LogP contribution in [0.5, 0.6) is 0 Å². The van der Waals surface area contributed by atoms with Crippen molar-refractivity contribution in [3.8, 4) is 12.3 Å². The number of hydrogen-bond donors (Lipinski definition) is 1. The first-order valence-electron chi connectivity index (χ1n) is 5.58. The van der Waals surface area contributed by atoms with Crippen LogP contribution in [0.15, 0.2) is 6.20 Å². The van der Waals surface area contributed by atoms with Crippen LogP contribution in [0.2, 0.25) is 0 Å². The van der Waals surface area contributed by atoms with Crippen molar-refractivity contribution < 1.29 is 9.53 Å². The second-order valence-corrected chi connectivity index (χ2v) is 4.75. The molecule has 1 heterocycles. The quantitative estimate of drug-likeness (QED) is 0.651. The van der Waals surface area contributed by atoms with Gasteiger partial charge in [0.05, 0.1) is 17.8 Å². The maximum Gasteiger partial charge on any atom is 0.342 e. The van der Waals surface area contributed by atoms with Crippen molar-refractivity contribution in [1.82, 2.24) is 9.97 Å². The smallest absolute Gasteiger partial charge is 0.342 e. The fourth-order valence-electron chi connectivity index (χ4n) is 1.22. The molecule has 0 spiro atoms. The first-order valence-corrected chi connectivity index (χ1v) is 5.58. The van der Waals surface area contributed by atoms with E-state index in [1.54, 1.807) is 6.92 Å². The summed E-state index contributed by atoms with van der Waals surface area (Å²) in [5.41, 5.74) is 0.374. The van der Waals surface area contributed by atoms with Crippen molar-refractivity contribution in [2.45, 2.75) is 33.3 Å². The van der Waals surface area contributed by atoms with E-state index < -0.39 is 11.6 Å². The van der Waals surface area contributed by atoms with Crippen LogP contribution >= 0.6 is 0 Å². The van der Waals surface area contributed by atoms with Crippen molar-refractivity contribution in [3.05, 3.63) is 17.5 Å². The summed E-state index contributed by atoms with van der Waals surface area (Å²) < 4.78 is 5.25. The number of aromatic nitrogens is 2. The third-order valence-electron chi connectivity index (χ3n) is 1.95. The second-order valence-electron chi connectivity index (χ2n) is 4.75. The molecule has 0 aromatic carbocycles. The third kappa shape index (κ3) is 4.06. The van der Waals surface area contributed by atoms with Gasteiger partial charge in [0.1, 0.15) is 5.60 Å². The molecule has 1 aromatic heterocycles. The number of rotatable bonds is 3. The second kappa shape index (κ2) is 5.50. The average molecular weight is 247 g/mol. The molecule has 0 amide bonds. The number of esters is 1. The summed E-state index contributed by atoms with van der Waals surface area (Å²) in [5, 5.41) is 2.84. The lowest BCUT2D eigenvalue weighted by Crippen LogP contribution is -2.24. The van der Waals surface area contributed by atoms with E-state index in [0.717, 1.165) is 0 Å². The average Bonchev–Trinajstić information content (AvgIpc) is 2.23. The molecule has 5 heteroatoms. The van der Waals surface area contributed by atoms with E-state index in [9.17, 15) is 4.79 Å². The lowest BCUT2D eigenvalue weighted by molar-refractivity contribution is 0.00678. The highest BCUT2D eigenvalue weighted by molar-refractivity contribution is 5.90. The molecule has 0 saturated heterocycles. The molecule has 0 bridgehead atoms. The molecule has 0 unspecified atom stereocenters. The highest BCUT2D eigenvalue weighted by atomic mass is 16.6. The van der Waals surface area contributed by atoms with Crippen molar-refractivity contribution in [3.63, 3.8) is 0 Å². The summed E-state index contributed by atoms with van der Waals surface area (Å²) in [6.45, 7) is 7.49. The molecule has 18 heavy (non-hydrogen) atoms. The summed E-state index contributed by atoms with van der Waals surface area (Å²) >= 11 is 0. The van der Waals surface area contributed by atoms with Gasteiger partial charge >= 0.3 is 5.97 Å². The zero-order chi connectivity index (χ0) is 13.8. The molecule has 0 radical (unpaired) electrons. The summed E-state index contributed by atoms with van der Waals surface area (Å²) in [6, 6.07) is 0. The molecule has 1 rings (SSSR count). The molecular weight excluding hydrogens is 230 g/mol. The molecule has 0 aliphatic carbocycles. The number of ether oxygens (including phenoxy) is 1. The number of nitrogens with one attached hydrogen (secondary N) is 1. The summed E-state index contributed by atoms with van der Waals surface area (Å²) in [5.74, 6) is 2.39. The largest absolute Gasteiger partial charge is 0.456 e. The molecule has 0 atom stereocenters. The van der Waals surface area contributed by atoms with Gasteiger partial charge in [-0.1, -0.05) is 5.92 Å². The standard InChI is InChI=1S/C13H17N3O2/c1-6-7-14-12-15-8-10(9(2)16-12)11(17)18-13(3,4)5/h1,8H,7H2,2-5H3,(H,14,15,16). The lowest BCUT2D eigenvalue weighted by Gasteiger charge is -2.19. The van der Waals surface area contributed by atoms with E-state index in [4.69, 9.17) is 11.2 Å². The molecule has 0 saturated carbocycles. The fourth-order valence-corrected chi connectivity index (χ4v) is 1.22. The molecule has 96 valence electrons. The minimum atomic E-state index is -0.538. The van der Waals surface area contributed by atoms with E-state index in [1.807, 2.05) is 20.8 Å². The van der Waals surface area contributed by atoms with Crippen LogP contribution in [0.4, 0.5) is 5.95 Å². The maximum atomic E-state index is 11.9. The molecule has 1 N–H and O–H groups in total. The minimum absolute atomic E-state index is 0.339. The van der Waals surface area contributed by atoms with E-state index >= 15 is 0 Å². The lowest BCUT2D eigenvalue weighted by atomic mass is 10.2. The van der Waals surface area contributed by atoms with Gasteiger partial charge in [0, 0.05) is 6.20 Å². The van der Waals surface area contributed by atoms with Crippen LogP contribution in [-0.4, -0.2) is 28.1 Å². The number of anilines is 1. The number of nitrogens with zero attached hydrogens (tertiary/aromatic N) is 2. The van der Waals surface area contributed by atoms with E-state index in [0.29, 0.717) is 23.8 Å². The van der Waals surface area contributed by atoms with Gasteiger partial charge in [-0.2, -0.15) is 0 Å². The van der Waals surface area contributed by atoms with Crippen molar-refractivity contribution in [2.75, 3.05) is 11.9 Å². The molecule has 0 fully saturated rings. The third-order valence-corrected chi connectivity index (χ3v) is 1.95. The van der Waals surface area contributed by atoms with Crippen molar-refractivity contribution >= 4 is 11.9 Å². The van der Waals surface area contributed by atoms with Gasteiger partial charge in [-0.05, 0) is 27.7 Å². The van der Waals surface area contributed by atoms with E-state index in [1.165, 1.54) is 6.20 Å². The Morgan fingerprint density at radius 3 is 2.72 bits per heavy atom. The van der Waals surface area contributed by atoms with E-state index in [2.05, 4.69) is 21.2 Å². The first-order chi connectivity index (χ1) is 8.33. The van der Waals surface area contributed by atoms with Crippen LogP contribution in [0.1, 0.15) is 36.8 Å². The van der Waals surface area contributed by atoms with Gasteiger partial charge in [-0.3, -0.25) is 0 Å². The molecular formula is C13H17N3O2. The van der Waals surface area contributed by atoms with Crippen LogP contribution < -0.4 is 5.32 Å². The Morgan fingerprint density at radius 2 is 2.22 bits per heavy atom. The highest BCUT2D eigenvalue weighted by Gasteiger charge is 2.20. The van der Waals surface area contributed by atoms with Gasteiger partial charge in [0.15, 0.2) is 0 Å². The van der Waals surface area contributed by atoms with Crippen LogP contribution in [-0.2, 0) is 4.74 Å². The van der Waals surface area contributed by atoms with Crippen molar-refractivity contribution in [2.24, 2.45) is 0 Å². The minimum Gasteiger partial charge on any atom is -0.456 e. The summed E-state index contributed by atoms with van der Waals surface area (Å²) in [4.78, 5) is 20.0. The number of carbonyl (C=O) groups excluding carboxylic acids is 1. The Balaban J connectivity index is 2.86. The Hall–Kier alpha value is -2.09. The summed E-state index contributed by atoms with van der Waals surface area (Å²) in [7, 11) is 0. The van der Waals surface area contributed by atoms with Gasteiger partial charge in [-0.25, -0.2) is 14.8 Å². The molecule has 0 aliphatic rings. The van der Waals surface area contributed by atoms with Crippen LogP contribution in [0.25, 0.3) is 0 Å². The fraction of sp³-hybridized carbons (Fsp3) is 0.462. The zero-order valence-corrected chi connectivity index (χ0v) is 11.1. The highest BCUT2D eigenvalue weighted by Crippen LogP contribution is 2.14. The van der Waals surface area contributed by atoms with Gasteiger partial charge < -0.3 is 10.1 Å². The topological polar surface area (TPSA) is 64.1 Å². The summed E-state index contributed by atoms with van der Waals surface area (Å²) in [6.07, 6.45) is 6.56. The van der Waals surface area contributed by atoms with Crippen LogP contribution in [0, 0.1) is 19.3 Å². The SMILES string of the molecule is C#CCNc1ncc(C(=O)OC(C)(C)C)c(C)n1. The molecule has 5 nitrogen and oxygen atoms in total. The number of carbonyl (C=O) groups is 1. The first kappa shape index (κ1) is 14.0. The maximum absolute atomic E-state index is 11.9. The Bertz CT molecular complexity index is 484. The Kier molecular flexibility index (Phi) is 4.27.